The van der Waals surface area contributed by atoms with E-state index in [-0.39, 0.29) is 5.78 Å². The lowest BCUT2D eigenvalue weighted by atomic mass is 10.0. The number of H-pyrrole nitrogens is 2. The monoisotopic (exact) mass is 370 g/mol. The summed E-state index contributed by atoms with van der Waals surface area (Å²) in [5.41, 5.74) is 7.77. The Labute approximate surface area is 163 Å². The zero-order valence-corrected chi connectivity index (χ0v) is 16.0. The van der Waals surface area contributed by atoms with Crippen LogP contribution in [0.15, 0.2) is 42.6 Å². The molecule has 1 aliphatic rings. The van der Waals surface area contributed by atoms with Gasteiger partial charge in [0.1, 0.15) is 11.3 Å². The number of pyridine rings is 1. The average molecular weight is 370 g/mol. The minimum atomic E-state index is 0.0101. The molecule has 0 unspecified atom stereocenters. The highest BCUT2D eigenvalue weighted by Gasteiger charge is 2.23. The van der Waals surface area contributed by atoms with Gasteiger partial charge in [0.25, 0.3) is 0 Å². The average Bonchev–Trinajstić information content (AvgIpc) is 3.38. The van der Waals surface area contributed by atoms with Gasteiger partial charge in [-0.15, -0.1) is 0 Å². The van der Waals surface area contributed by atoms with Crippen molar-refractivity contribution in [1.29, 1.82) is 0 Å². The third kappa shape index (κ3) is 3.03. The van der Waals surface area contributed by atoms with Crippen LogP contribution in [0.1, 0.15) is 51.6 Å². The van der Waals surface area contributed by atoms with E-state index in [0.29, 0.717) is 12.1 Å². The highest BCUT2D eigenvalue weighted by atomic mass is 16.1. The zero-order chi connectivity index (χ0) is 19.3. The third-order valence-electron chi connectivity index (χ3n) is 5.66. The predicted octanol–water partition coefficient (Wildman–Crippen LogP) is 4.87. The fourth-order valence-corrected chi connectivity index (χ4v) is 3.72. The summed E-state index contributed by atoms with van der Waals surface area (Å²) in [7, 11) is 0. The SMILES string of the molecule is Cc1[nH]nc(C(=O)Cc2cnc3[nH]c(-c4cccc(C5CC5)c4)cc3c2)c1C. The van der Waals surface area contributed by atoms with Gasteiger partial charge in [-0.05, 0) is 67.5 Å². The minimum Gasteiger partial charge on any atom is -0.339 e. The highest BCUT2D eigenvalue weighted by molar-refractivity contribution is 5.97. The molecule has 0 spiro atoms. The van der Waals surface area contributed by atoms with Gasteiger partial charge < -0.3 is 4.98 Å². The van der Waals surface area contributed by atoms with Crippen molar-refractivity contribution in [2.75, 3.05) is 0 Å². The van der Waals surface area contributed by atoms with Crippen LogP contribution in [0.3, 0.4) is 0 Å². The molecule has 3 heterocycles. The molecule has 1 aromatic carbocycles. The van der Waals surface area contributed by atoms with Crippen LogP contribution in [0.25, 0.3) is 22.3 Å². The maximum Gasteiger partial charge on any atom is 0.187 e. The summed E-state index contributed by atoms with van der Waals surface area (Å²) < 4.78 is 0. The smallest absolute Gasteiger partial charge is 0.187 e. The summed E-state index contributed by atoms with van der Waals surface area (Å²) in [5, 5.41) is 8.04. The Morgan fingerprint density at radius 3 is 2.79 bits per heavy atom. The Balaban J connectivity index is 1.43. The molecule has 0 bridgehead atoms. The first kappa shape index (κ1) is 16.9. The largest absolute Gasteiger partial charge is 0.339 e. The molecule has 4 aromatic rings. The first-order valence-corrected chi connectivity index (χ1v) is 9.71. The fraction of sp³-hybridized carbons (Fsp3) is 0.261. The zero-order valence-electron chi connectivity index (χ0n) is 16.0. The summed E-state index contributed by atoms with van der Waals surface area (Å²) in [5.74, 6) is 0.741. The van der Waals surface area contributed by atoms with E-state index in [1.807, 2.05) is 19.9 Å². The number of nitrogens with zero attached hydrogens (tertiary/aromatic N) is 2. The molecule has 0 saturated heterocycles. The van der Waals surface area contributed by atoms with Crippen molar-refractivity contribution in [1.82, 2.24) is 20.2 Å². The maximum atomic E-state index is 12.6. The van der Waals surface area contributed by atoms with E-state index in [1.54, 1.807) is 6.20 Å². The van der Waals surface area contributed by atoms with Crippen LogP contribution < -0.4 is 0 Å². The van der Waals surface area contributed by atoms with Gasteiger partial charge in [-0.3, -0.25) is 9.89 Å². The topological polar surface area (TPSA) is 74.4 Å². The number of rotatable bonds is 5. The van der Waals surface area contributed by atoms with Gasteiger partial charge in [0.15, 0.2) is 5.78 Å². The van der Waals surface area contributed by atoms with Crippen molar-refractivity contribution in [2.45, 2.75) is 39.0 Å². The Bertz CT molecular complexity index is 1200. The summed E-state index contributed by atoms with van der Waals surface area (Å²) in [4.78, 5) is 20.5. The van der Waals surface area contributed by atoms with Crippen LogP contribution in [0.4, 0.5) is 0 Å². The molecular formula is C23H22N4O. The van der Waals surface area contributed by atoms with E-state index >= 15 is 0 Å². The molecule has 5 heteroatoms. The number of carbonyl (C=O) groups is 1. The standard InChI is InChI=1S/C23H22N4O/c1-13-14(2)26-27-22(13)21(28)9-15-8-19-11-20(25-23(19)24-12-15)18-5-3-4-17(10-18)16-6-7-16/h3-5,8,10-12,16H,6-7,9H2,1-2H3,(H,24,25)(H,26,27). The number of hydrogen-bond acceptors (Lipinski definition) is 3. The molecule has 0 amide bonds. The molecule has 0 radical (unpaired) electrons. The molecule has 1 aliphatic carbocycles. The van der Waals surface area contributed by atoms with E-state index in [0.717, 1.165) is 39.5 Å². The van der Waals surface area contributed by atoms with E-state index in [1.165, 1.54) is 24.0 Å². The Hall–Kier alpha value is -3.21. The summed E-state index contributed by atoms with van der Waals surface area (Å²) in [6.07, 6.45) is 4.66. The normalized spacial score (nSPS) is 13.9. The Morgan fingerprint density at radius 1 is 1.18 bits per heavy atom. The second-order valence-electron chi connectivity index (χ2n) is 7.79. The molecule has 5 nitrogen and oxygen atoms in total. The van der Waals surface area contributed by atoms with Crippen molar-refractivity contribution < 1.29 is 4.79 Å². The van der Waals surface area contributed by atoms with Crippen LogP contribution in [-0.2, 0) is 6.42 Å². The lowest BCUT2D eigenvalue weighted by Crippen LogP contribution is -2.06. The van der Waals surface area contributed by atoms with Crippen molar-refractivity contribution in [3.63, 3.8) is 0 Å². The number of Topliss-reactive ketones (excluding diaryl/α,β-unsaturated/α-hetero) is 1. The number of fused-ring (bicyclic) bond motifs is 1. The van der Waals surface area contributed by atoms with Crippen molar-refractivity contribution in [3.8, 4) is 11.3 Å². The number of nitrogens with one attached hydrogen (secondary N) is 2. The van der Waals surface area contributed by atoms with E-state index in [9.17, 15) is 4.79 Å². The highest BCUT2D eigenvalue weighted by Crippen LogP contribution is 2.41. The number of hydrogen-bond donors (Lipinski definition) is 2. The van der Waals surface area contributed by atoms with Crippen molar-refractivity contribution in [3.05, 3.63) is 70.7 Å². The third-order valence-corrected chi connectivity index (χ3v) is 5.66. The van der Waals surface area contributed by atoms with Gasteiger partial charge in [0.05, 0.1) is 0 Å². The molecule has 2 N–H and O–H groups in total. The van der Waals surface area contributed by atoms with Crippen molar-refractivity contribution in [2.24, 2.45) is 0 Å². The van der Waals surface area contributed by atoms with Crippen LogP contribution in [0.5, 0.6) is 0 Å². The molecular weight excluding hydrogens is 348 g/mol. The lowest BCUT2D eigenvalue weighted by molar-refractivity contribution is 0.0987. The second-order valence-corrected chi connectivity index (χ2v) is 7.79. The first-order valence-electron chi connectivity index (χ1n) is 9.71. The lowest BCUT2D eigenvalue weighted by Gasteiger charge is -2.02. The number of carbonyl (C=O) groups excluding carboxylic acids is 1. The van der Waals surface area contributed by atoms with Gasteiger partial charge >= 0.3 is 0 Å². The Kier molecular flexibility index (Phi) is 3.90. The van der Waals surface area contributed by atoms with Crippen LogP contribution in [0, 0.1) is 13.8 Å². The van der Waals surface area contributed by atoms with Crippen molar-refractivity contribution >= 4 is 16.8 Å². The molecule has 28 heavy (non-hydrogen) atoms. The molecule has 0 aliphatic heterocycles. The van der Waals surface area contributed by atoms with E-state index in [4.69, 9.17) is 0 Å². The molecule has 0 atom stereocenters. The Morgan fingerprint density at radius 2 is 2.04 bits per heavy atom. The fourth-order valence-electron chi connectivity index (χ4n) is 3.72. The molecule has 3 aromatic heterocycles. The quantitative estimate of drug-likeness (QED) is 0.492. The number of aromatic nitrogens is 4. The van der Waals surface area contributed by atoms with E-state index < -0.39 is 0 Å². The summed E-state index contributed by atoms with van der Waals surface area (Å²) in [6.45, 7) is 3.84. The van der Waals surface area contributed by atoms with Gasteiger partial charge in [-0.2, -0.15) is 5.10 Å². The van der Waals surface area contributed by atoms with Gasteiger partial charge in [-0.1, -0.05) is 18.2 Å². The summed E-state index contributed by atoms with van der Waals surface area (Å²) >= 11 is 0. The molecule has 5 rings (SSSR count). The van der Waals surface area contributed by atoms with Gasteiger partial charge in [0, 0.05) is 35.0 Å². The number of aromatic amines is 2. The van der Waals surface area contributed by atoms with Gasteiger partial charge in [0.2, 0.25) is 0 Å². The maximum absolute atomic E-state index is 12.6. The molecule has 1 saturated carbocycles. The number of ketones is 1. The predicted molar refractivity (Wildman–Crippen MR) is 110 cm³/mol. The van der Waals surface area contributed by atoms with Crippen LogP contribution >= 0.6 is 0 Å². The first-order chi connectivity index (χ1) is 13.6. The van der Waals surface area contributed by atoms with Crippen LogP contribution in [-0.4, -0.2) is 25.9 Å². The molecule has 1 fully saturated rings. The van der Waals surface area contributed by atoms with Crippen LogP contribution in [0.2, 0.25) is 0 Å². The minimum absolute atomic E-state index is 0.0101. The van der Waals surface area contributed by atoms with Gasteiger partial charge in [-0.25, -0.2) is 4.98 Å². The van der Waals surface area contributed by atoms with E-state index in [2.05, 4.69) is 50.5 Å². The summed E-state index contributed by atoms with van der Waals surface area (Å²) in [6, 6.07) is 12.9. The molecule has 140 valence electrons. The second kappa shape index (κ2) is 6.44. The number of aryl methyl sites for hydroxylation is 1. The number of benzene rings is 1.